The molecule has 0 bridgehead atoms. The van der Waals surface area contributed by atoms with Gasteiger partial charge in [-0.3, -0.25) is 4.31 Å². The van der Waals surface area contributed by atoms with Crippen LogP contribution in [-0.2, 0) is 10.0 Å². The minimum Gasteiger partial charge on any atom is -0.388 e. The van der Waals surface area contributed by atoms with Crippen molar-refractivity contribution < 1.29 is 17.9 Å². The second-order valence-electron chi connectivity index (χ2n) is 7.49. The van der Waals surface area contributed by atoms with E-state index in [1.165, 1.54) is 16.4 Å². The zero-order valence-electron chi connectivity index (χ0n) is 16.5. The van der Waals surface area contributed by atoms with E-state index < -0.39 is 22.0 Å². The average molecular weight is 424 g/mol. The minimum absolute atomic E-state index is 0.0323. The van der Waals surface area contributed by atoms with Crippen molar-refractivity contribution in [3.05, 3.63) is 102 Å². The van der Waals surface area contributed by atoms with Crippen LogP contribution in [0.1, 0.15) is 22.8 Å². The quantitative estimate of drug-likeness (QED) is 0.661. The Kier molecular flexibility index (Phi) is 5.22. The molecule has 3 aromatic rings. The molecule has 0 aromatic heterocycles. The number of aryl methyl sites for hydroxylation is 1. The van der Waals surface area contributed by atoms with Gasteiger partial charge in [0.05, 0.1) is 16.7 Å². The average Bonchev–Trinajstić information content (AvgIpc) is 2.74. The maximum atomic E-state index is 13.5. The molecule has 0 amide bonds. The lowest BCUT2D eigenvalue weighted by Gasteiger charge is -2.39. The van der Waals surface area contributed by atoms with E-state index in [9.17, 15) is 17.9 Å². The van der Waals surface area contributed by atoms with Crippen LogP contribution in [0.5, 0.6) is 0 Å². The summed E-state index contributed by atoms with van der Waals surface area (Å²) in [5, 5.41) is 11.0. The number of halogens is 1. The molecule has 154 valence electrons. The Morgan fingerprint density at radius 3 is 2.33 bits per heavy atom. The van der Waals surface area contributed by atoms with E-state index in [0.717, 1.165) is 5.56 Å². The molecule has 1 aliphatic heterocycles. The molecule has 0 aliphatic carbocycles. The van der Waals surface area contributed by atoms with E-state index in [-0.39, 0.29) is 17.3 Å². The summed E-state index contributed by atoms with van der Waals surface area (Å²) in [7, 11) is -3.85. The normalized spacial score (nSPS) is 18.7. The number of hydrogen-bond donors (Lipinski definition) is 1. The molecule has 2 unspecified atom stereocenters. The smallest absolute Gasteiger partial charge is 0.264 e. The SMILES string of the molecule is C=C(c1ccc(F)cc1)C1CN(S(=O)(=O)c2ccc(C)cc2)c2ccccc2C1O. The van der Waals surface area contributed by atoms with E-state index in [2.05, 4.69) is 6.58 Å². The van der Waals surface area contributed by atoms with Gasteiger partial charge in [-0.2, -0.15) is 0 Å². The Hall–Kier alpha value is -2.96. The topological polar surface area (TPSA) is 57.6 Å². The second-order valence-corrected chi connectivity index (χ2v) is 9.35. The molecule has 0 saturated carbocycles. The summed E-state index contributed by atoms with van der Waals surface area (Å²) in [4.78, 5) is 0.186. The third kappa shape index (κ3) is 3.53. The van der Waals surface area contributed by atoms with E-state index in [1.807, 2.05) is 6.92 Å². The Balaban J connectivity index is 1.79. The van der Waals surface area contributed by atoms with E-state index in [4.69, 9.17) is 0 Å². The monoisotopic (exact) mass is 423 g/mol. The number of hydrogen-bond acceptors (Lipinski definition) is 3. The summed E-state index contributed by atoms with van der Waals surface area (Å²) < 4.78 is 41.6. The highest BCUT2D eigenvalue weighted by Crippen LogP contribution is 2.44. The molecule has 4 rings (SSSR count). The Bertz CT molecular complexity index is 1190. The van der Waals surface area contributed by atoms with Gasteiger partial charge in [0.25, 0.3) is 10.0 Å². The highest BCUT2D eigenvalue weighted by Gasteiger charge is 2.39. The van der Waals surface area contributed by atoms with Gasteiger partial charge in [-0.15, -0.1) is 0 Å². The fraction of sp³-hybridized carbons (Fsp3) is 0.167. The second kappa shape index (κ2) is 7.70. The summed E-state index contributed by atoms with van der Waals surface area (Å²) in [6, 6.07) is 19.4. The molecule has 3 aromatic carbocycles. The van der Waals surface area contributed by atoms with Crippen molar-refractivity contribution in [2.45, 2.75) is 17.9 Å². The largest absolute Gasteiger partial charge is 0.388 e. The fourth-order valence-corrected chi connectivity index (χ4v) is 5.32. The van der Waals surface area contributed by atoms with Gasteiger partial charge in [-0.1, -0.05) is 54.6 Å². The van der Waals surface area contributed by atoms with Crippen LogP contribution in [0, 0.1) is 18.7 Å². The standard InChI is InChI=1S/C24H22FNO3S/c1-16-7-13-20(14-8-16)30(28,29)26-15-22(17(2)18-9-11-19(25)12-10-18)24(27)21-5-3-4-6-23(21)26/h3-14,22,24,27H,2,15H2,1H3. The van der Waals surface area contributed by atoms with Crippen LogP contribution in [-0.4, -0.2) is 20.1 Å². The molecule has 1 N–H and O–H groups in total. The number of rotatable bonds is 4. The van der Waals surface area contributed by atoms with Crippen LogP contribution in [0.2, 0.25) is 0 Å². The maximum Gasteiger partial charge on any atom is 0.264 e. The van der Waals surface area contributed by atoms with Crippen molar-refractivity contribution in [3.8, 4) is 0 Å². The van der Waals surface area contributed by atoms with Crippen molar-refractivity contribution in [1.82, 2.24) is 0 Å². The highest BCUT2D eigenvalue weighted by atomic mass is 32.2. The third-order valence-electron chi connectivity index (χ3n) is 5.54. The van der Waals surface area contributed by atoms with Crippen LogP contribution in [0.3, 0.4) is 0 Å². The Morgan fingerprint density at radius 2 is 1.67 bits per heavy atom. The van der Waals surface area contributed by atoms with E-state index >= 15 is 0 Å². The van der Waals surface area contributed by atoms with Crippen molar-refractivity contribution in [3.63, 3.8) is 0 Å². The first-order chi connectivity index (χ1) is 14.3. The molecule has 2 atom stereocenters. The predicted molar refractivity (Wildman–Crippen MR) is 116 cm³/mol. The minimum atomic E-state index is -3.85. The van der Waals surface area contributed by atoms with Crippen LogP contribution < -0.4 is 4.31 Å². The molecule has 0 fully saturated rings. The van der Waals surface area contributed by atoms with Gasteiger partial charge < -0.3 is 5.11 Å². The number of fused-ring (bicyclic) bond motifs is 1. The maximum absolute atomic E-state index is 13.5. The summed E-state index contributed by atoms with van der Waals surface area (Å²) in [5.41, 5.74) is 3.15. The molecule has 0 saturated heterocycles. The zero-order valence-corrected chi connectivity index (χ0v) is 17.3. The molecular formula is C24H22FNO3S. The molecule has 6 heteroatoms. The van der Waals surface area contributed by atoms with Gasteiger partial charge in [0.15, 0.2) is 0 Å². The lowest BCUT2D eigenvalue weighted by Crippen LogP contribution is -2.42. The number of aliphatic hydroxyl groups is 1. The number of aliphatic hydroxyl groups excluding tert-OH is 1. The molecule has 1 heterocycles. The zero-order chi connectivity index (χ0) is 21.5. The Labute approximate surface area is 176 Å². The first-order valence-electron chi connectivity index (χ1n) is 9.60. The highest BCUT2D eigenvalue weighted by molar-refractivity contribution is 7.92. The van der Waals surface area contributed by atoms with Gasteiger partial charge in [-0.25, -0.2) is 12.8 Å². The predicted octanol–water partition coefficient (Wildman–Crippen LogP) is 4.71. The summed E-state index contributed by atoms with van der Waals surface area (Å²) in [5.74, 6) is -0.949. The summed E-state index contributed by atoms with van der Waals surface area (Å²) >= 11 is 0. The van der Waals surface area contributed by atoms with Crippen molar-refractivity contribution in [2.75, 3.05) is 10.8 Å². The lowest BCUT2D eigenvalue weighted by molar-refractivity contribution is 0.135. The number of nitrogens with zero attached hydrogens (tertiary/aromatic N) is 1. The number of anilines is 1. The fourth-order valence-electron chi connectivity index (χ4n) is 3.80. The van der Waals surface area contributed by atoms with E-state index in [1.54, 1.807) is 60.7 Å². The van der Waals surface area contributed by atoms with Crippen molar-refractivity contribution in [1.29, 1.82) is 0 Å². The molecule has 1 aliphatic rings. The van der Waals surface area contributed by atoms with Gasteiger partial charge in [-0.05, 0) is 48.4 Å². The van der Waals surface area contributed by atoms with Crippen LogP contribution in [0.15, 0.2) is 84.3 Å². The first kappa shape index (κ1) is 20.3. The summed E-state index contributed by atoms with van der Waals surface area (Å²) in [6.45, 7) is 6.03. The molecule has 0 spiro atoms. The third-order valence-corrected chi connectivity index (χ3v) is 7.33. The van der Waals surface area contributed by atoms with Gasteiger partial charge in [0.1, 0.15) is 5.82 Å². The van der Waals surface area contributed by atoms with E-state index in [0.29, 0.717) is 22.4 Å². The van der Waals surface area contributed by atoms with Crippen molar-refractivity contribution in [2.24, 2.45) is 5.92 Å². The van der Waals surface area contributed by atoms with Gasteiger partial charge >= 0.3 is 0 Å². The number of sulfonamides is 1. The lowest BCUT2D eigenvalue weighted by atomic mass is 9.83. The molecular weight excluding hydrogens is 401 g/mol. The van der Waals surface area contributed by atoms with Gasteiger partial charge in [0, 0.05) is 18.0 Å². The van der Waals surface area contributed by atoms with Crippen LogP contribution >= 0.6 is 0 Å². The summed E-state index contributed by atoms with van der Waals surface area (Å²) in [6.07, 6.45) is -0.928. The molecule has 0 radical (unpaired) electrons. The number of para-hydroxylation sites is 1. The molecule has 30 heavy (non-hydrogen) atoms. The van der Waals surface area contributed by atoms with Gasteiger partial charge in [0.2, 0.25) is 0 Å². The Morgan fingerprint density at radius 1 is 1.03 bits per heavy atom. The number of benzene rings is 3. The van der Waals surface area contributed by atoms with Crippen molar-refractivity contribution >= 4 is 21.3 Å². The van der Waals surface area contributed by atoms with Crippen LogP contribution in [0.25, 0.3) is 5.57 Å². The first-order valence-corrected chi connectivity index (χ1v) is 11.0. The van der Waals surface area contributed by atoms with Crippen LogP contribution in [0.4, 0.5) is 10.1 Å². The molecule has 4 nitrogen and oxygen atoms in total.